The molecule has 1 N–H and O–H groups in total. The molecule has 0 saturated carbocycles. The highest BCUT2D eigenvalue weighted by molar-refractivity contribution is 6.05. The van der Waals surface area contributed by atoms with Crippen LogP contribution in [0.1, 0.15) is 15.9 Å². The molecule has 9 heteroatoms. The number of anilines is 1. The van der Waals surface area contributed by atoms with Gasteiger partial charge >= 0.3 is 12.6 Å². The summed E-state index contributed by atoms with van der Waals surface area (Å²) in [5.41, 5.74) is 1.28. The molecule has 0 unspecified atom stereocenters. The zero-order chi connectivity index (χ0) is 20.7. The quantitative estimate of drug-likeness (QED) is 0.690. The van der Waals surface area contributed by atoms with Gasteiger partial charge in [-0.15, -0.1) is 0 Å². The van der Waals surface area contributed by atoms with E-state index in [4.69, 9.17) is 9.47 Å². The Labute approximate surface area is 160 Å². The first kappa shape index (κ1) is 20.9. The normalized spacial score (nSPS) is 10.4. The Bertz CT molecular complexity index is 856. The Morgan fingerprint density at radius 2 is 1.82 bits per heavy atom. The number of alkyl halides is 2. The Morgan fingerprint density at radius 1 is 1.07 bits per heavy atom. The van der Waals surface area contributed by atoms with Gasteiger partial charge < -0.3 is 24.3 Å². The molecule has 0 heterocycles. The molecule has 0 aliphatic rings. The highest BCUT2D eigenvalue weighted by Gasteiger charge is 2.15. The molecule has 0 radical (unpaired) electrons. The zero-order valence-electron chi connectivity index (χ0n) is 15.5. The van der Waals surface area contributed by atoms with Gasteiger partial charge in [0.05, 0.1) is 14.2 Å². The average Bonchev–Trinajstić information content (AvgIpc) is 2.67. The van der Waals surface area contributed by atoms with Crippen LogP contribution in [0.2, 0.25) is 0 Å². The van der Waals surface area contributed by atoms with Crippen LogP contribution in [0.15, 0.2) is 36.4 Å². The van der Waals surface area contributed by atoms with Gasteiger partial charge in [0.1, 0.15) is 5.75 Å². The van der Waals surface area contributed by atoms with Gasteiger partial charge in [0.2, 0.25) is 0 Å². The molecule has 0 atom stereocenters. The number of hydrogen-bond acceptors (Lipinski definition) is 6. The van der Waals surface area contributed by atoms with Crippen molar-refractivity contribution in [2.24, 2.45) is 0 Å². The first-order valence-electron chi connectivity index (χ1n) is 8.08. The summed E-state index contributed by atoms with van der Waals surface area (Å²) in [6.45, 7) is -1.55. The van der Waals surface area contributed by atoms with E-state index in [9.17, 15) is 18.4 Å². The maximum absolute atomic E-state index is 12.5. The van der Waals surface area contributed by atoms with Crippen LogP contribution in [0.5, 0.6) is 17.2 Å². The van der Waals surface area contributed by atoms with Crippen LogP contribution >= 0.6 is 0 Å². The number of halogens is 2. The molecule has 0 bridgehead atoms. The summed E-state index contributed by atoms with van der Waals surface area (Å²) >= 11 is 0. The third-order valence-corrected chi connectivity index (χ3v) is 3.67. The SMILES string of the molecule is COC(=O)COc1ccc(NC(=O)c2ccc(OC)c(OC(F)F)c2)c(C)c1. The number of carbonyl (C=O) groups excluding carboxylic acids is 2. The van der Waals surface area contributed by atoms with E-state index >= 15 is 0 Å². The first-order chi connectivity index (χ1) is 13.3. The smallest absolute Gasteiger partial charge is 0.387 e. The Morgan fingerprint density at radius 3 is 2.43 bits per heavy atom. The summed E-state index contributed by atoms with van der Waals surface area (Å²) in [7, 11) is 2.56. The number of rotatable bonds is 8. The van der Waals surface area contributed by atoms with Crippen molar-refractivity contribution in [2.45, 2.75) is 13.5 Å². The highest BCUT2D eigenvalue weighted by Crippen LogP contribution is 2.30. The van der Waals surface area contributed by atoms with Crippen molar-refractivity contribution in [3.63, 3.8) is 0 Å². The van der Waals surface area contributed by atoms with E-state index in [1.54, 1.807) is 25.1 Å². The third-order valence-electron chi connectivity index (χ3n) is 3.67. The maximum Gasteiger partial charge on any atom is 0.387 e. The summed E-state index contributed by atoms with van der Waals surface area (Å²) in [6, 6.07) is 8.77. The standard InChI is InChI=1S/C19H19F2NO6/c1-11-8-13(27-10-17(23)26-3)5-6-14(11)22-18(24)12-4-7-15(25-2)16(9-12)28-19(20)21/h4-9,19H,10H2,1-3H3,(H,22,24). The van der Waals surface area contributed by atoms with Gasteiger partial charge in [-0.25, -0.2) is 4.79 Å². The Hall–Kier alpha value is -3.36. The van der Waals surface area contributed by atoms with Gasteiger partial charge in [-0.05, 0) is 48.9 Å². The van der Waals surface area contributed by atoms with Gasteiger partial charge in [0.15, 0.2) is 18.1 Å². The lowest BCUT2D eigenvalue weighted by Gasteiger charge is -2.13. The maximum atomic E-state index is 12.5. The Kier molecular flexibility index (Phi) is 7.14. The topological polar surface area (TPSA) is 83.1 Å². The van der Waals surface area contributed by atoms with Crippen molar-refractivity contribution >= 4 is 17.6 Å². The van der Waals surface area contributed by atoms with Crippen molar-refractivity contribution in [3.8, 4) is 17.2 Å². The minimum atomic E-state index is -3.05. The third kappa shape index (κ3) is 5.57. The average molecular weight is 395 g/mol. The minimum Gasteiger partial charge on any atom is -0.493 e. The second-order valence-corrected chi connectivity index (χ2v) is 5.54. The Balaban J connectivity index is 2.13. The first-order valence-corrected chi connectivity index (χ1v) is 8.08. The van der Waals surface area contributed by atoms with Gasteiger partial charge in [0.25, 0.3) is 5.91 Å². The molecule has 0 aromatic heterocycles. The second kappa shape index (κ2) is 9.54. The molecular formula is C19H19F2NO6. The lowest BCUT2D eigenvalue weighted by Crippen LogP contribution is -2.14. The van der Waals surface area contributed by atoms with Gasteiger partial charge in [-0.2, -0.15) is 8.78 Å². The van der Waals surface area contributed by atoms with Crippen molar-refractivity contribution in [3.05, 3.63) is 47.5 Å². The van der Waals surface area contributed by atoms with Crippen molar-refractivity contribution in [1.82, 2.24) is 0 Å². The number of carbonyl (C=O) groups is 2. The molecule has 0 aliphatic heterocycles. The zero-order valence-corrected chi connectivity index (χ0v) is 15.5. The van der Waals surface area contributed by atoms with Crippen molar-refractivity contribution < 1.29 is 37.3 Å². The van der Waals surface area contributed by atoms with Crippen LogP contribution in [0.3, 0.4) is 0 Å². The molecular weight excluding hydrogens is 376 g/mol. The number of aryl methyl sites for hydroxylation is 1. The molecule has 0 aliphatic carbocycles. The fourth-order valence-corrected chi connectivity index (χ4v) is 2.27. The van der Waals surface area contributed by atoms with E-state index in [1.165, 1.54) is 32.4 Å². The van der Waals surface area contributed by atoms with Crippen LogP contribution in [0.4, 0.5) is 14.5 Å². The van der Waals surface area contributed by atoms with E-state index in [1.807, 2.05) is 0 Å². The predicted molar refractivity (Wildman–Crippen MR) is 96.3 cm³/mol. The number of nitrogens with one attached hydrogen (secondary N) is 1. The largest absolute Gasteiger partial charge is 0.493 e. The van der Waals surface area contributed by atoms with Crippen molar-refractivity contribution in [1.29, 1.82) is 0 Å². The van der Waals surface area contributed by atoms with Gasteiger partial charge in [-0.3, -0.25) is 4.79 Å². The number of ether oxygens (including phenoxy) is 4. The summed E-state index contributed by atoms with van der Waals surface area (Å²) in [4.78, 5) is 23.6. The number of esters is 1. The van der Waals surface area contributed by atoms with Crippen LogP contribution < -0.4 is 19.5 Å². The van der Waals surface area contributed by atoms with E-state index in [2.05, 4.69) is 14.8 Å². The van der Waals surface area contributed by atoms with E-state index in [0.29, 0.717) is 17.0 Å². The van der Waals surface area contributed by atoms with Gasteiger partial charge in [-0.1, -0.05) is 0 Å². The van der Waals surface area contributed by atoms with E-state index in [0.717, 1.165) is 0 Å². The lowest BCUT2D eigenvalue weighted by atomic mass is 10.1. The number of hydrogen-bond donors (Lipinski definition) is 1. The predicted octanol–water partition coefficient (Wildman–Crippen LogP) is 3.41. The molecule has 0 saturated heterocycles. The second-order valence-electron chi connectivity index (χ2n) is 5.54. The molecule has 150 valence electrons. The monoisotopic (exact) mass is 395 g/mol. The number of benzene rings is 2. The molecule has 0 fully saturated rings. The molecule has 28 heavy (non-hydrogen) atoms. The van der Waals surface area contributed by atoms with Crippen LogP contribution in [0, 0.1) is 6.92 Å². The summed E-state index contributed by atoms with van der Waals surface area (Å²) in [5.74, 6) is -0.768. The molecule has 7 nitrogen and oxygen atoms in total. The van der Waals surface area contributed by atoms with Gasteiger partial charge in [0, 0.05) is 11.3 Å². The highest BCUT2D eigenvalue weighted by atomic mass is 19.3. The fraction of sp³-hybridized carbons (Fsp3) is 0.263. The van der Waals surface area contributed by atoms with Crippen molar-refractivity contribution in [2.75, 3.05) is 26.1 Å². The van der Waals surface area contributed by atoms with Crippen LogP contribution in [-0.2, 0) is 9.53 Å². The molecule has 2 aromatic rings. The number of methoxy groups -OCH3 is 2. The fourth-order valence-electron chi connectivity index (χ4n) is 2.27. The summed E-state index contributed by atoms with van der Waals surface area (Å²) < 4.78 is 44.1. The molecule has 1 amide bonds. The van der Waals surface area contributed by atoms with E-state index < -0.39 is 18.5 Å². The lowest BCUT2D eigenvalue weighted by molar-refractivity contribution is -0.142. The van der Waals surface area contributed by atoms with Crippen LogP contribution in [0.25, 0.3) is 0 Å². The minimum absolute atomic E-state index is 0.0835. The molecule has 0 spiro atoms. The molecule has 2 aromatic carbocycles. The summed E-state index contributed by atoms with van der Waals surface area (Å²) in [6.07, 6.45) is 0. The molecule has 2 rings (SSSR count). The van der Waals surface area contributed by atoms with E-state index in [-0.39, 0.29) is 23.7 Å². The summed E-state index contributed by atoms with van der Waals surface area (Å²) in [5, 5.41) is 2.68. The number of amides is 1. The van der Waals surface area contributed by atoms with Crippen LogP contribution in [-0.4, -0.2) is 39.3 Å².